The second-order valence-electron chi connectivity index (χ2n) is 5.87. The van der Waals surface area contributed by atoms with E-state index >= 15 is 0 Å². The maximum atomic E-state index is 12.2. The number of hydrogen-bond acceptors (Lipinski definition) is 4. The Morgan fingerprint density at radius 3 is 2.88 bits per heavy atom. The number of rotatable bonds is 5. The van der Waals surface area contributed by atoms with E-state index < -0.39 is 4.92 Å². The summed E-state index contributed by atoms with van der Waals surface area (Å²) in [4.78, 5) is 22.5. The molecule has 24 heavy (non-hydrogen) atoms. The average molecular weight is 325 g/mol. The van der Waals surface area contributed by atoms with Gasteiger partial charge in [-0.15, -0.1) is 0 Å². The quantitative estimate of drug-likeness (QED) is 0.653. The molecule has 124 valence electrons. The molecule has 1 amide bonds. The number of nitrogens with zero attached hydrogens (tertiary/aromatic N) is 1. The van der Waals surface area contributed by atoms with Gasteiger partial charge in [0.1, 0.15) is 0 Å². The topological polar surface area (TPSA) is 84.3 Å². The first-order chi connectivity index (χ1) is 11.6. The predicted molar refractivity (Wildman–Crippen MR) is 91.8 cm³/mol. The average Bonchev–Trinajstić information content (AvgIpc) is 2.60. The largest absolute Gasteiger partial charge is 0.376 e. The number of non-ortho nitro benzene ring substituents is 1. The van der Waals surface area contributed by atoms with Crippen molar-refractivity contribution in [2.24, 2.45) is 0 Å². The van der Waals surface area contributed by atoms with E-state index in [2.05, 4.69) is 22.8 Å². The van der Waals surface area contributed by atoms with Crippen molar-refractivity contribution in [3.63, 3.8) is 0 Å². The summed E-state index contributed by atoms with van der Waals surface area (Å²) in [6.07, 6.45) is 3.04. The van der Waals surface area contributed by atoms with Crippen LogP contribution in [0.4, 0.5) is 11.4 Å². The van der Waals surface area contributed by atoms with Gasteiger partial charge < -0.3 is 10.6 Å². The lowest BCUT2D eigenvalue weighted by Crippen LogP contribution is -2.35. The number of hydrogen-bond donors (Lipinski definition) is 2. The Morgan fingerprint density at radius 2 is 2.04 bits per heavy atom. The van der Waals surface area contributed by atoms with Crippen molar-refractivity contribution < 1.29 is 9.72 Å². The first-order valence-electron chi connectivity index (χ1n) is 7.99. The van der Waals surface area contributed by atoms with Crippen LogP contribution in [0.25, 0.3) is 0 Å². The SMILES string of the molecule is O=C(CNc1cccc([N+](=O)[O-])c1)N[C@@H]1CCCc2ccccc21. The lowest BCUT2D eigenvalue weighted by Gasteiger charge is -2.26. The molecule has 3 rings (SSSR count). The zero-order valence-corrected chi connectivity index (χ0v) is 13.2. The van der Waals surface area contributed by atoms with Gasteiger partial charge in [-0.05, 0) is 36.5 Å². The van der Waals surface area contributed by atoms with Crippen molar-refractivity contribution in [3.05, 3.63) is 69.8 Å². The van der Waals surface area contributed by atoms with Gasteiger partial charge in [0, 0.05) is 17.8 Å². The molecule has 6 nitrogen and oxygen atoms in total. The van der Waals surface area contributed by atoms with Crippen molar-refractivity contribution in [2.75, 3.05) is 11.9 Å². The van der Waals surface area contributed by atoms with Crippen LogP contribution in [0.2, 0.25) is 0 Å². The highest BCUT2D eigenvalue weighted by Crippen LogP contribution is 2.29. The summed E-state index contributed by atoms with van der Waals surface area (Å²) < 4.78 is 0. The number of benzene rings is 2. The molecule has 0 radical (unpaired) electrons. The monoisotopic (exact) mass is 325 g/mol. The number of aryl methyl sites for hydroxylation is 1. The van der Waals surface area contributed by atoms with Crippen molar-refractivity contribution in [1.29, 1.82) is 0 Å². The van der Waals surface area contributed by atoms with Crippen LogP contribution >= 0.6 is 0 Å². The zero-order chi connectivity index (χ0) is 16.9. The van der Waals surface area contributed by atoms with Crippen LogP contribution < -0.4 is 10.6 Å². The van der Waals surface area contributed by atoms with Gasteiger partial charge in [0.2, 0.25) is 5.91 Å². The van der Waals surface area contributed by atoms with Gasteiger partial charge in [-0.3, -0.25) is 14.9 Å². The molecule has 2 N–H and O–H groups in total. The third-order valence-electron chi connectivity index (χ3n) is 4.21. The molecule has 1 aliphatic carbocycles. The van der Waals surface area contributed by atoms with Crippen molar-refractivity contribution >= 4 is 17.3 Å². The smallest absolute Gasteiger partial charge is 0.271 e. The molecule has 2 aromatic rings. The normalized spacial score (nSPS) is 16.1. The number of nitro benzene ring substituents is 1. The summed E-state index contributed by atoms with van der Waals surface area (Å²) in [5, 5.41) is 16.8. The van der Waals surface area contributed by atoms with Crippen molar-refractivity contribution in [1.82, 2.24) is 5.32 Å². The number of nitrogens with one attached hydrogen (secondary N) is 2. The van der Waals surface area contributed by atoms with Crippen LogP contribution in [0.5, 0.6) is 0 Å². The Balaban J connectivity index is 1.59. The molecule has 6 heteroatoms. The highest BCUT2D eigenvalue weighted by atomic mass is 16.6. The molecule has 0 spiro atoms. The van der Waals surface area contributed by atoms with Crippen LogP contribution in [-0.4, -0.2) is 17.4 Å². The second-order valence-corrected chi connectivity index (χ2v) is 5.87. The van der Waals surface area contributed by atoms with Crippen molar-refractivity contribution in [2.45, 2.75) is 25.3 Å². The molecule has 0 heterocycles. The van der Waals surface area contributed by atoms with Gasteiger partial charge in [0.15, 0.2) is 0 Å². The summed E-state index contributed by atoms with van der Waals surface area (Å²) in [6, 6.07) is 14.4. The third kappa shape index (κ3) is 3.71. The Hall–Kier alpha value is -2.89. The van der Waals surface area contributed by atoms with Gasteiger partial charge in [-0.2, -0.15) is 0 Å². The lowest BCUT2D eigenvalue weighted by atomic mass is 9.88. The number of carbonyl (C=O) groups excluding carboxylic acids is 1. The minimum atomic E-state index is -0.454. The Labute approximate surface area is 140 Å². The van der Waals surface area contributed by atoms with E-state index in [-0.39, 0.29) is 24.2 Å². The Bertz CT molecular complexity index is 761. The third-order valence-corrected chi connectivity index (χ3v) is 4.21. The minimum absolute atomic E-state index is 0.00150. The van der Waals surface area contributed by atoms with Gasteiger partial charge >= 0.3 is 0 Å². The number of carbonyl (C=O) groups is 1. The number of nitro groups is 1. The molecule has 2 aromatic carbocycles. The molecule has 1 atom stereocenters. The van der Waals surface area contributed by atoms with E-state index in [0.717, 1.165) is 19.3 Å². The van der Waals surface area contributed by atoms with Gasteiger partial charge in [-0.25, -0.2) is 0 Å². The fourth-order valence-corrected chi connectivity index (χ4v) is 3.06. The van der Waals surface area contributed by atoms with Gasteiger partial charge in [0.05, 0.1) is 17.5 Å². The first-order valence-corrected chi connectivity index (χ1v) is 7.99. The summed E-state index contributed by atoms with van der Waals surface area (Å²) in [7, 11) is 0. The molecule has 0 unspecified atom stereocenters. The molecule has 0 saturated heterocycles. The summed E-state index contributed by atoms with van der Waals surface area (Å²) >= 11 is 0. The van der Waals surface area contributed by atoms with E-state index in [1.165, 1.54) is 23.3 Å². The van der Waals surface area contributed by atoms with Crippen molar-refractivity contribution in [3.8, 4) is 0 Å². The van der Waals surface area contributed by atoms with E-state index in [0.29, 0.717) is 5.69 Å². The molecular weight excluding hydrogens is 306 g/mol. The lowest BCUT2D eigenvalue weighted by molar-refractivity contribution is -0.384. The fraction of sp³-hybridized carbons (Fsp3) is 0.278. The summed E-state index contributed by atoms with van der Waals surface area (Å²) in [5.41, 5.74) is 3.04. The highest BCUT2D eigenvalue weighted by molar-refractivity contribution is 5.81. The van der Waals surface area contributed by atoms with E-state index in [1.807, 2.05) is 12.1 Å². The highest BCUT2D eigenvalue weighted by Gasteiger charge is 2.21. The first kappa shape index (κ1) is 16.0. The fourth-order valence-electron chi connectivity index (χ4n) is 3.06. The number of anilines is 1. The second kappa shape index (κ2) is 7.12. The maximum absolute atomic E-state index is 12.2. The molecule has 0 fully saturated rings. The summed E-state index contributed by atoms with van der Waals surface area (Å²) in [6.45, 7) is 0.0832. The van der Waals surface area contributed by atoms with E-state index in [1.54, 1.807) is 12.1 Å². The van der Waals surface area contributed by atoms with Crippen LogP contribution in [0.3, 0.4) is 0 Å². The number of amides is 1. The van der Waals surface area contributed by atoms with Crippen LogP contribution in [0.1, 0.15) is 30.0 Å². The number of fused-ring (bicyclic) bond motifs is 1. The van der Waals surface area contributed by atoms with Crippen LogP contribution in [0, 0.1) is 10.1 Å². The zero-order valence-electron chi connectivity index (χ0n) is 13.2. The molecular formula is C18H19N3O3. The predicted octanol–water partition coefficient (Wildman–Crippen LogP) is 3.20. The van der Waals surface area contributed by atoms with Gasteiger partial charge in [0.25, 0.3) is 5.69 Å². The molecule has 0 bridgehead atoms. The molecule has 0 saturated carbocycles. The standard InChI is InChI=1S/C18H19N3O3/c22-18(12-19-14-7-4-8-15(11-14)21(23)24)20-17-10-3-6-13-5-1-2-9-16(13)17/h1-2,4-5,7-9,11,17,19H,3,6,10,12H2,(H,20,22)/t17-/m1/s1. The van der Waals surface area contributed by atoms with E-state index in [9.17, 15) is 14.9 Å². The molecule has 0 aliphatic heterocycles. The Kier molecular flexibility index (Phi) is 4.74. The minimum Gasteiger partial charge on any atom is -0.376 e. The maximum Gasteiger partial charge on any atom is 0.271 e. The molecule has 0 aromatic heterocycles. The molecule has 1 aliphatic rings. The van der Waals surface area contributed by atoms with Gasteiger partial charge in [-0.1, -0.05) is 30.3 Å². The van der Waals surface area contributed by atoms with Crippen LogP contribution in [-0.2, 0) is 11.2 Å². The van der Waals surface area contributed by atoms with Crippen LogP contribution in [0.15, 0.2) is 48.5 Å². The van der Waals surface area contributed by atoms with E-state index in [4.69, 9.17) is 0 Å². The Morgan fingerprint density at radius 1 is 1.21 bits per heavy atom. The summed E-state index contributed by atoms with van der Waals surface area (Å²) in [5.74, 6) is -0.122.